The second-order valence-electron chi connectivity index (χ2n) is 4.98. The predicted octanol–water partition coefficient (Wildman–Crippen LogP) is 2.12. The van der Waals surface area contributed by atoms with Crippen molar-refractivity contribution in [3.05, 3.63) is 41.3 Å². The Balaban J connectivity index is 0.000000817. The Kier molecular flexibility index (Phi) is 4.97. The summed E-state index contributed by atoms with van der Waals surface area (Å²) in [5.74, 6) is -0.977. The number of amides is 2. The highest BCUT2D eigenvalue weighted by molar-refractivity contribution is 5.92. The number of aromatic nitrogens is 3. The van der Waals surface area contributed by atoms with Crippen LogP contribution in [0.5, 0.6) is 0 Å². The molecule has 0 radical (unpaired) electrons. The van der Waals surface area contributed by atoms with Gasteiger partial charge in [0.25, 0.3) is 5.91 Å². The minimum atomic E-state index is -5.08. The van der Waals surface area contributed by atoms with Gasteiger partial charge in [-0.25, -0.2) is 9.97 Å². The summed E-state index contributed by atoms with van der Waals surface area (Å²) in [6.07, 6.45) is -8.92. The topological polar surface area (TPSA) is 116 Å². The summed E-state index contributed by atoms with van der Waals surface area (Å²) in [6, 6.07) is 2.01. The SMILES string of the molecule is NC(=O)c1cn2c(ccc3c(C(F)(F)F)cc(C(F)(F)F)nc32)n1.NC=O. The van der Waals surface area contributed by atoms with E-state index in [1.807, 2.05) is 0 Å². The summed E-state index contributed by atoms with van der Waals surface area (Å²) >= 11 is 0. The number of hydrogen-bond donors (Lipinski definition) is 2. The normalized spacial score (nSPS) is 11.9. The lowest BCUT2D eigenvalue weighted by Gasteiger charge is -2.14. The Labute approximate surface area is 145 Å². The number of primary amides is 2. The third kappa shape index (κ3) is 3.91. The van der Waals surface area contributed by atoms with E-state index in [4.69, 9.17) is 10.5 Å². The van der Waals surface area contributed by atoms with Crippen LogP contribution in [0.4, 0.5) is 26.3 Å². The molecule has 0 atom stereocenters. The van der Waals surface area contributed by atoms with Crippen LogP contribution in [0.25, 0.3) is 16.7 Å². The van der Waals surface area contributed by atoms with Crippen molar-refractivity contribution in [2.45, 2.75) is 12.4 Å². The van der Waals surface area contributed by atoms with Gasteiger partial charge in [-0.3, -0.25) is 14.0 Å². The largest absolute Gasteiger partial charge is 0.433 e. The maximum atomic E-state index is 13.1. The van der Waals surface area contributed by atoms with Gasteiger partial charge in [-0.1, -0.05) is 0 Å². The number of nitrogens with two attached hydrogens (primary N) is 2. The molecule has 0 unspecified atom stereocenters. The molecule has 0 aliphatic heterocycles. The van der Waals surface area contributed by atoms with Crippen molar-refractivity contribution in [2.75, 3.05) is 0 Å². The minimum absolute atomic E-state index is 0.0555. The van der Waals surface area contributed by atoms with Gasteiger partial charge in [0.2, 0.25) is 6.41 Å². The maximum absolute atomic E-state index is 13.1. The second-order valence-corrected chi connectivity index (χ2v) is 4.98. The fourth-order valence-electron chi connectivity index (χ4n) is 2.23. The van der Waals surface area contributed by atoms with Crippen LogP contribution >= 0.6 is 0 Å². The number of hydrogen-bond acceptors (Lipinski definition) is 4. The van der Waals surface area contributed by atoms with Gasteiger partial charge in [-0.2, -0.15) is 26.3 Å². The van der Waals surface area contributed by atoms with Crippen molar-refractivity contribution in [3.63, 3.8) is 0 Å². The molecule has 0 fully saturated rings. The summed E-state index contributed by atoms with van der Waals surface area (Å²) in [7, 11) is 0. The average Bonchev–Trinajstić information content (AvgIpc) is 2.97. The number of alkyl halides is 6. The molecular weight excluding hydrogens is 384 g/mol. The molecule has 144 valence electrons. The number of nitrogens with zero attached hydrogens (tertiary/aromatic N) is 3. The van der Waals surface area contributed by atoms with Gasteiger partial charge in [0.1, 0.15) is 22.7 Å². The molecule has 0 spiro atoms. The molecule has 0 aliphatic carbocycles. The molecule has 7 nitrogen and oxygen atoms in total. The van der Waals surface area contributed by atoms with E-state index >= 15 is 0 Å². The fraction of sp³-hybridized carbons (Fsp3) is 0.143. The highest BCUT2D eigenvalue weighted by atomic mass is 19.4. The van der Waals surface area contributed by atoms with Crippen LogP contribution in [0.1, 0.15) is 21.7 Å². The van der Waals surface area contributed by atoms with E-state index in [1.54, 1.807) is 0 Å². The molecule has 0 saturated carbocycles. The van der Waals surface area contributed by atoms with E-state index in [0.29, 0.717) is 0 Å². The maximum Gasteiger partial charge on any atom is 0.433 e. The van der Waals surface area contributed by atoms with Crippen LogP contribution < -0.4 is 11.5 Å². The lowest BCUT2D eigenvalue weighted by Crippen LogP contribution is -2.14. The van der Waals surface area contributed by atoms with Gasteiger partial charge in [0, 0.05) is 11.6 Å². The molecule has 0 aliphatic rings. The Morgan fingerprint density at radius 3 is 2.15 bits per heavy atom. The van der Waals surface area contributed by atoms with Gasteiger partial charge < -0.3 is 11.5 Å². The van der Waals surface area contributed by atoms with Gasteiger partial charge in [0.05, 0.1) is 5.56 Å². The molecule has 3 rings (SSSR count). The van der Waals surface area contributed by atoms with E-state index in [1.165, 1.54) is 0 Å². The lowest BCUT2D eigenvalue weighted by atomic mass is 10.1. The molecule has 0 saturated heterocycles. The van der Waals surface area contributed by atoms with E-state index in [-0.39, 0.29) is 23.8 Å². The van der Waals surface area contributed by atoms with Crippen LogP contribution in [0.15, 0.2) is 24.4 Å². The Bertz CT molecular complexity index is 1020. The van der Waals surface area contributed by atoms with Gasteiger partial charge in [-0.15, -0.1) is 0 Å². The van der Waals surface area contributed by atoms with E-state index < -0.39 is 40.6 Å². The quantitative estimate of drug-likeness (QED) is 0.487. The fourth-order valence-corrected chi connectivity index (χ4v) is 2.23. The van der Waals surface area contributed by atoms with Crippen molar-refractivity contribution in [2.24, 2.45) is 11.5 Å². The first-order valence-corrected chi connectivity index (χ1v) is 6.82. The zero-order valence-corrected chi connectivity index (χ0v) is 13.0. The first-order valence-electron chi connectivity index (χ1n) is 6.82. The highest BCUT2D eigenvalue weighted by Gasteiger charge is 2.39. The van der Waals surface area contributed by atoms with Crippen molar-refractivity contribution < 1.29 is 35.9 Å². The summed E-state index contributed by atoms with van der Waals surface area (Å²) in [6.45, 7) is 0. The van der Waals surface area contributed by atoms with Crippen LogP contribution in [0.3, 0.4) is 0 Å². The molecule has 2 amide bonds. The van der Waals surface area contributed by atoms with Gasteiger partial charge >= 0.3 is 12.4 Å². The second kappa shape index (κ2) is 6.74. The Morgan fingerprint density at radius 1 is 1.07 bits per heavy atom. The molecular formula is C14H9F6N5O2. The summed E-state index contributed by atoms with van der Waals surface area (Å²) < 4.78 is 78.9. The van der Waals surface area contributed by atoms with Gasteiger partial charge in [-0.05, 0) is 18.2 Å². The number of carbonyl (C=O) groups is 2. The number of carbonyl (C=O) groups excluding carboxylic acids is 2. The standard InChI is InChI=1S/C13H6F6N4O.CH3NO/c14-12(15,16)6-3-8(13(17,18)19)22-11-5(6)1-2-9-21-7(10(20)24)4-23(9)11;2-1-3/h1-4H,(H2,20,24);1H,(H2,2,3). The predicted molar refractivity (Wildman–Crippen MR) is 79.3 cm³/mol. The van der Waals surface area contributed by atoms with Gasteiger partial charge in [0.15, 0.2) is 0 Å². The first kappa shape index (κ1) is 19.9. The Morgan fingerprint density at radius 2 is 1.67 bits per heavy atom. The van der Waals surface area contributed by atoms with Crippen molar-refractivity contribution in [3.8, 4) is 0 Å². The molecule has 27 heavy (non-hydrogen) atoms. The monoisotopic (exact) mass is 393 g/mol. The van der Waals surface area contributed by atoms with Crippen LogP contribution in [-0.4, -0.2) is 26.7 Å². The summed E-state index contributed by atoms with van der Waals surface area (Å²) in [5, 5.41) is -0.559. The number of fused-ring (bicyclic) bond motifs is 3. The number of rotatable bonds is 1. The number of imidazole rings is 1. The minimum Gasteiger partial charge on any atom is -0.372 e. The molecule has 3 aromatic heterocycles. The van der Waals surface area contributed by atoms with Crippen molar-refractivity contribution >= 4 is 29.0 Å². The average molecular weight is 393 g/mol. The van der Waals surface area contributed by atoms with E-state index in [0.717, 1.165) is 22.7 Å². The van der Waals surface area contributed by atoms with Crippen molar-refractivity contribution in [1.29, 1.82) is 0 Å². The zero-order valence-electron chi connectivity index (χ0n) is 13.0. The lowest BCUT2D eigenvalue weighted by molar-refractivity contribution is -0.144. The third-order valence-corrected chi connectivity index (χ3v) is 3.25. The summed E-state index contributed by atoms with van der Waals surface area (Å²) in [5.41, 5.74) is 5.00. The number of halogens is 6. The molecule has 3 heterocycles. The van der Waals surface area contributed by atoms with Crippen molar-refractivity contribution in [1.82, 2.24) is 14.4 Å². The van der Waals surface area contributed by atoms with E-state index in [9.17, 15) is 31.1 Å². The molecule has 0 bridgehead atoms. The smallest absolute Gasteiger partial charge is 0.372 e. The van der Waals surface area contributed by atoms with Crippen LogP contribution in [0.2, 0.25) is 0 Å². The first-order chi connectivity index (χ1) is 12.4. The zero-order chi connectivity index (χ0) is 20.6. The summed E-state index contributed by atoms with van der Waals surface area (Å²) in [4.78, 5) is 26.7. The molecule has 0 aromatic carbocycles. The van der Waals surface area contributed by atoms with E-state index in [2.05, 4.69) is 15.7 Å². The highest BCUT2D eigenvalue weighted by Crippen LogP contribution is 2.38. The molecule has 4 N–H and O–H groups in total. The molecule has 13 heteroatoms. The van der Waals surface area contributed by atoms with Crippen LogP contribution in [0, 0.1) is 0 Å². The molecule has 3 aromatic rings. The number of pyridine rings is 2. The van der Waals surface area contributed by atoms with Crippen LogP contribution in [-0.2, 0) is 17.1 Å². The third-order valence-electron chi connectivity index (χ3n) is 3.25. The Hall–Kier alpha value is -3.38.